The highest BCUT2D eigenvalue weighted by Gasteiger charge is 2.19. The first kappa shape index (κ1) is 16.7. The molecule has 0 aliphatic rings. The molecule has 0 aliphatic heterocycles. The number of carbonyl (C=O) groups excluding carboxylic acids is 2. The van der Waals surface area contributed by atoms with Gasteiger partial charge in [-0.25, -0.2) is 5.43 Å². The molecule has 0 bridgehead atoms. The highest BCUT2D eigenvalue weighted by molar-refractivity contribution is 6.06. The Balaban J connectivity index is 1.62. The molecule has 4 N–H and O–H groups in total. The van der Waals surface area contributed by atoms with E-state index < -0.39 is 6.04 Å². The SMILES string of the molecule is CC[C@@H](NNC(=O)c1c[nH]c2ccccc12)C(=O)Nc1cc(C)on1. The van der Waals surface area contributed by atoms with E-state index in [-0.39, 0.29) is 11.8 Å². The monoisotopic (exact) mass is 341 g/mol. The number of amides is 2. The predicted molar refractivity (Wildman–Crippen MR) is 92.8 cm³/mol. The van der Waals surface area contributed by atoms with Crippen LogP contribution < -0.4 is 16.2 Å². The number of carbonyl (C=O) groups is 2. The topological polar surface area (TPSA) is 112 Å². The van der Waals surface area contributed by atoms with E-state index in [2.05, 4.69) is 26.3 Å². The average molecular weight is 341 g/mol. The van der Waals surface area contributed by atoms with Crippen molar-refractivity contribution in [2.45, 2.75) is 26.3 Å². The summed E-state index contributed by atoms with van der Waals surface area (Å²) in [6.45, 7) is 3.57. The van der Waals surface area contributed by atoms with Crippen LogP contribution in [0.15, 0.2) is 41.1 Å². The van der Waals surface area contributed by atoms with Crippen LogP contribution in [-0.4, -0.2) is 28.0 Å². The molecule has 3 aromatic rings. The summed E-state index contributed by atoms with van der Waals surface area (Å²) in [6, 6.07) is 8.52. The maximum atomic E-state index is 12.4. The maximum absolute atomic E-state index is 12.4. The van der Waals surface area contributed by atoms with Crippen molar-refractivity contribution in [2.24, 2.45) is 0 Å². The quantitative estimate of drug-likeness (QED) is 0.513. The van der Waals surface area contributed by atoms with Crippen molar-refractivity contribution in [1.29, 1.82) is 0 Å². The van der Waals surface area contributed by atoms with Crippen LogP contribution in [0.5, 0.6) is 0 Å². The minimum atomic E-state index is -0.605. The fourth-order valence-electron chi connectivity index (χ4n) is 2.47. The number of H-pyrrole nitrogens is 1. The van der Waals surface area contributed by atoms with Crippen molar-refractivity contribution in [1.82, 2.24) is 21.0 Å². The molecule has 8 nitrogen and oxygen atoms in total. The summed E-state index contributed by atoms with van der Waals surface area (Å²) in [5.41, 5.74) is 6.73. The summed E-state index contributed by atoms with van der Waals surface area (Å²) in [5.74, 6) is 0.311. The molecule has 0 fully saturated rings. The summed E-state index contributed by atoms with van der Waals surface area (Å²) in [4.78, 5) is 27.7. The van der Waals surface area contributed by atoms with Gasteiger partial charge in [0.2, 0.25) is 5.91 Å². The number of aromatic nitrogens is 2. The third-order valence-corrected chi connectivity index (χ3v) is 3.80. The Bertz CT molecular complexity index is 898. The van der Waals surface area contributed by atoms with Gasteiger partial charge >= 0.3 is 0 Å². The van der Waals surface area contributed by atoms with Gasteiger partial charge in [0.05, 0.1) is 5.56 Å². The van der Waals surface area contributed by atoms with E-state index >= 15 is 0 Å². The highest BCUT2D eigenvalue weighted by atomic mass is 16.5. The molecular weight excluding hydrogens is 322 g/mol. The molecule has 0 aliphatic carbocycles. The van der Waals surface area contributed by atoms with Crippen LogP contribution in [-0.2, 0) is 4.79 Å². The molecule has 8 heteroatoms. The second kappa shape index (κ2) is 7.18. The van der Waals surface area contributed by atoms with E-state index in [9.17, 15) is 9.59 Å². The Labute approximate surface area is 143 Å². The van der Waals surface area contributed by atoms with E-state index in [1.165, 1.54) is 0 Å². The van der Waals surface area contributed by atoms with E-state index in [0.29, 0.717) is 23.6 Å². The van der Waals surface area contributed by atoms with Crippen LogP contribution in [0.1, 0.15) is 29.5 Å². The Morgan fingerprint density at radius 2 is 2.12 bits per heavy atom. The molecule has 1 atom stereocenters. The van der Waals surface area contributed by atoms with Crippen LogP contribution in [0.25, 0.3) is 10.9 Å². The first-order chi connectivity index (χ1) is 12.1. The molecule has 2 aromatic heterocycles. The van der Waals surface area contributed by atoms with Crippen molar-refractivity contribution >= 4 is 28.5 Å². The molecule has 0 saturated carbocycles. The normalized spacial score (nSPS) is 12.1. The van der Waals surface area contributed by atoms with E-state index in [4.69, 9.17) is 4.52 Å². The van der Waals surface area contributed by atoms with E-state index in [1.54, 1.807) is 19.2 Å². The van der Waals surface area contributed by atoms with Crippen molar-refractivity contribution in [3.05, 3.63) is 47.9 Å². The average Bonchev–Trinajstić information content (AvgIpc) is 3.21. The summed E-state index contributed by atoms with van der Waals surface area (Å²) in [5, 5.41) is 7.17. The van der Waals surface area contributed by atoms with Crippen LogP contribution in [0.4, 0.5) is 5.82 Å². The van der Waals surface area contributed by atoms with Crippen LogP contribution in [0.3, 0.4) is 0 Å². The van der Waals surface area contributed by atoms with E-state index in [1.807, 2.05) is 31.2 Å². The number of aryl methyl sites for hydroxylation is 1. The molecule has 0 spiro atoms. The third kappa shape index (κ3) is 3.69. The zero-order valence-electron chi connectivity index (χ0n) is 13.9. The summed E-state index contributed by atoms with van der Waals surface area (Å²) in [7, 11) is 0. The number of fused-ring (bicyclic) bond motifs is 1. The van der Waals surface area contributed by atoms with E-state index in [0.717, 1.165) is 10.9 Å². The lowest BCUT2D eigenvalue weighted by molar-refractivity contribution is -0.118. The Kier molecular flexibility index (Phi) is 4.80. The van der Waals surface area contributed by atoms with Gasteiger partial charge in [-0.2, -0.15) is 0 Å². The Morgan fingerprint density at radius 1 is 1.32 bits per heavy atom. The minimum Gasteiger partial charge on any atom is -0.360 e. The number of para-hydroxylation sites is 1. The van der Waals surface area contributed by atoms with Gasteiger partial charge in [0.15, 0.2) is 5.82 Å². The van der Waals surface area contributed by atoms with Gasteiger partial charge in [-0.15, -0.1) is 0 Å². The van der Waals surface area contributed by atoms with Crippen molar-refractivity contribution < 1.29 is 14.1 Å². The number of aromatic amines is 1. The van der Waals surface area contributed by atoms with Gasteiger partial charge in [-0.1, -0.05) is 30.3 Å². The van der Waals surface area contributed by atoms with Gasteiger partial charge in [-0.05, 0) is 19.4 Å². The molecule has 2 heterocycles. The number of nitrogens with zero attached hydrogens (tertiary/aromatic N) is 1. The van der Waals surface area contributed by atoms with Gasteiger partial charge in [-0.3, -0.25) is 15.0 Å². The lowest BCUT2D eigenvalue weighted by atomic mass is 10.1. The van der Waals surface area contributed by atoms with Crippen LogP contribution in [0, 0.1) is 6.92 Å². The number of nitrogens with one attached hydrogen (secondary N) is 4. The van der Waals surface area contributed by atoms with Crippen molar-refractivity contribution in [3.8, 4) is 0 Å². The highest BCUT2D eigenvalue weighted by Crippen LogP contribution is 2.17. The first-order valence-electron chi connectivity index (χ1n) is 7.94. The summed E-state index contributed by atoms with van der Waals surface area (Å²) in [6.07, 6.45) is 2.12. The van der Waals surface area contributed by atoms with Gasteiger partial charge in [0.25, 0.3) is 5.91 Å². The first-order valence-corrected chi connectivity index (χ1v) is 7.94. The minimum absolute atomic E-state index is 0.310. The van der Waals surface area contributed by atoms with Gasteiger partial charge in [0, 0.05) is 23.2 Å². The number of rotatable bonds is 6. The second-order valence-electron chi connectivity index (χ2n) is 5.62. The predicted octanol–water partition coefficient (Wildman–Crippen LogP) is 2.12. The Morgan fingerprint density at radius 3 is 2.84 bits per heavy atom. The smallest absolute Gasteiger partial charge is 0.267 e. The molecule has 2 amide bonds. The zero-order chi connectivity index (χ0) is 17.8. The molecule has 0 saturated heterocycles. The van der Waals surface area contributed by atoms with Gasteiger partial charge < -0.3 is 14.8 Å². The Hall–Kier alpha value is -3.13. The lowest BCUT2D eigenvalue weighted by Gasteiger charge is -2.16. The zero-order valence-corrected chi connectivity index (χ0v) is 13.9. The number of anilines is 1. The third-order valence-electron chi connectivity index (χ3n) is 3.80. The number of benzene rings is 1. The maximum Gasteiger partial charge on any atom is 0.267 e. The summed E-state index contributed by atoms with van der Waals surface area (Å²) < 4.78 is 4.91. The van der Waals surface area contributed by atoms with Crippen molar-refractivity contribution in [2.75, 3.05) is 5.32 Å². The molecular formula is C17H19N5O3. The van der Waals surface area contributed by atoms with Crippen LogP contribution in [0.2, 0.25) is 0 Å². The van der Waals surface area contributed by atoms with Crippen molar-refractivity contribution in [3.63, 3.8) is 0 Å². The molecule has 1 aromatic carbocycles. The molecule has 130 valence electrons. The fourth-order valence-corrected chi connectivity index (χ4v) is 2.47. The van der Waals surface area contributed by atoms with Gasteiger partial charge in [0.1, 0.15) is 11.8 Å². The lowest BCUT2D eigenvalue weighted by Crippen LogP contribution is -2.49. The van der Waals surface area contributed by atoms with Crippen LogP contribution >= 0.6 is 0 Å². The fraction of sp³-hybridized carbons (Fsp3) is 0.235. The molecule has 0 radical (unpaired) electrons. The molecule has 25 heavy (non-hydrogen) atoms. The second-order valence-corrected chi connectivity index (χ2v) is 5.62. The number of hydrazine groups is 1. The number of hydrogen-bond acceptors (Lipinski definition) is 5. The standard InChI is InChI=1S/C17H19N5O3/c1-3-13(17(24)19-15-8-10(2)25-22-15)20-21-16(23)12-9-18-14-7-5-4-6-11(12)14/h4-9,13,18,20H,3H2,1-2H3,(H,21,23)(H,19,22,24)/t13-/m1/s1. The summed E-state index contributed by atoms with van der Waals surface area (Å²) >= 11 is 0. The molecule has 3 rings (SSSR count). The largest absolute Gasteiger partial charge is 0.360 e. The molecule has 0 unspecified atom stereocenters. The number of hydrogen-bond donors (Lipinski definition) is 4.